The molecule has 0 saturated carbocycles. The Morgan fingerprint density at radius 1 is 1.30 bits per heavy atom. The molecule has 2 aromatic carbocycles. The highest BCUT2D eigenvalue weighted by molar-refractivity contribution is 5.97. The highest BCUT2D eigenvalue weighted by atomic mass is 16.6. The highest BCUT2D eigenvalue weighted by Gasteiger charge is 2.22. The number of phenolic OH excluding ortho intramolecular Hbond substituents is 1. The minimum atomic E-state index is -0.382. The third kappa shape index (κ3) is 3.31. The number of phenols is 1. The molecule has 6 heteroatoms. The highest BCUT2D eigenvalue weighted by Crippen LogP contribution is 2.30. The maximum atomic E-state index is 12.1. The van der Waals surface area contributed by atoms with E-state index in [4.69, 9.17) is 14.2 Å². The first-order valence-electron chi connectivity index (χ1n) is 7.21. The van der Waals surface area contributed by atoms with E-state index in [1.807, 2.05) is 24.3 Å². The number of hydrogen-bond acceptors (Lipinski definition) is 5. The van der Waals surface area contributed by atoms with Gasteiger partial charge in [0.15, 0.2) is 11.5 Å². The lowest BCUT2D eigenvalue weighted by atomic mass is 10.1. The van der Waals surface area contributed by atoms with Crippen molar-refractivity contribution in [3.05, 3.63) is 48.0 Å². The summed E-state index contributed by atoms with van der Waals surface area (Å²) in [4.78, 5) is 12.1. The van der Waals surface area contributed by atoms with Gasteiger partial charge in [-0.25, -0.2) is 0 Å². The molecule has 0 saturated heterocycles. The number of rotatable bonds is 4. The topological polar surface area (TPSA) is 77.0 Å². The van der Waals surface area contributed by atoms with Crippen LogP contribution >= 0.6 is 0 Å². The molecule has 1 atom stereocenters. The molecule has 3 rings (SSSR count). The van der Waals surface area contributed by atoms with Gasteiger partial charge in [-0.3, -0.25) is 4.79 Å². The largest absolute Gasteiger partial charge is 0.507 e. The Hall–Kier alpha value is -2.89. The van der Waals surface area contributed by atoms with Crippen molar-refractivity contribution in [2.45, 2.75) is 6.10 Å². The molecule has 0 bridgehead atoms. The van der Waals surface area contributed by atoms with Crippen molar-refractivity contribution >= 4 is 5.91 Å². The number of methoxy groups -OCH3 is 1. The van der Waals surface area contributed by atoms with Gasteiger partial charge in [0.2, 0.25) is 0 Å². The monoisotopic (exact) mass is 315 g/mol. The summed E-state index contributed by atoms with van der Waals surface area (Å²) >= 11 is 0. The molecule has 120 valence electrons. The molecule has 1 amide bonds. The fraction of sp³-hybridized carbons (Fsp3) is 0.235. The Morgan fingerprint density at radius 2 is 2.09 bits per heavy atom. The lowest BCUT2D eigenvalue weighted by molar-refractivity contribution is 0.0787. The number of aromatic hydroxyl groups is 1. The number of carbonyl (C=O) groups is 1. The number of fused-ring (bicyclic) bond motifs is 1. The molecular weight excluding hydrogens is 298 g/mol. The van der Waals surface area contributed by atoms with Crippen LogP contribution in [0.25, 0.3) is 0 Å². The second kappa shape index (κ2) is 6.48. The van der Waals surface area contributed by atoms with E-state index in [0.29, 0.717) is 23.9 Å². The predicted molar refractivity (Wildman–Crippen MR) is 83.3 cm³/mol. The Kier molecular flexibility index (Phi) is 4.23. The number of benzene rings is 2. The molecule has 0 radical (unpaired) electrons. The summed E-state index contributed by atoms with van der Waals surface area (Å²) in [6, 6.07) is 11.9. The van der Waals surface area contributed by atoms with Crippen LogP contribution in [0, 0.1) is 0 Å². The van der Waals surface area contributed by atoms with Crippen LogP contribution in [-0.2, 0) is 0 Å². The van der Waals surface area contributed by atoms with Crippen molar-refractivity contribution in [1.82, 2.24) is 5.32 Å². The van der Waals surface area contributed by atoms with E-state index < -0.39 is 0 Å². The summed E-state index contributed by atoms with van der Waals surface area (Å²) in [5, 5.41) is 12.6. The Bertz CT molecular complexity index is 716. The molecule has 0 unspecified atom stereocenters. The van der Waals surface area contributed by atoms with Crippen LogP contribution in [0.5, 0.6) is 23.0 Å². The van der Waals surface area contributed by atoms with Crippen LogP contribution in [0.4, 0.5) is 0 Å². The first-order valence-corrected chi connectivity index (χ1v) is 7.21. The predicted octanol–water partition coefficient (Wildman–Crippen LogP) is 1.97. The maximum absolute atomic E-state index is 12.1. The van der Waals surface area contributed by atoms with Crippen LogP contribution in [0.2, 0.25) is 0 Å². The number of carbonyl (C=O) groups excluding carboxylic acids is 1. The van der Waals surface area contributed by atoms with E-state index in [2.05, 4.69) is 5.32 Å². The minimum absolute atomic E-state index is 0.131. The van der Waals surface area contributed by atoms with Crippen molar-refractivity contribution in [2.75, 3.05) is 20.3 Å². The van der Waals surface area contributed by atoms with Gasteiger partial charge >= 0.3 is 0 Å². The van der Waals surface area contributed by atoms with Gasteiger partial charge < -0.3 is 24.6 Å². The van der Waals surface area contributed by atoms with Crippen LogP contribution in [-0.4, -0.2) is 37.4 Å². The number of nitrogens with one attached hydrogen (secondary N) is 1. The summed E-state index contributed by atoms with van der Waals surface area (Å²) in [6.45, 7) is 0.629. The van der Waals surface area contributed by atoms with Gasteiger partial charge in [-0.1, -0.05) is 12.1 Å². The van der Waals surface area contributed by atoms with E-state index in [9.17, 15) is 9.90 Å². The molecular formula is C17H17NO5. The number of para-hydroxylation sites is 2. The lowest BCUT2D eigenvalue weighted by Crippen LogP contribution is -2.40. The van der Waals surface area contributed by atoms with Crippen molar-refractivity contribution in [3.8, 4) is 23.0 Å². The number of ether oxygens (including phenoxy) is 3. The van der Waals surface area contributed by atoms with Crippen molar-refractivity contribution in [2.24, 2.45) is 0 Å². The Labute approximate surface area is 133 Å². The zero-order valence-corrected chi connectivity index (χ0v) is 12.6. The molecule has 0 aliphatic carbocycles. The summed E-state index contributed by atoms with van der Waals surface area (Å²) in [7, 11) is 1.49. The van der Waals surface area contributed by atoms with Gasteiger partial charge in [0.05, 0.1) is 19.2 Å². The zero-order chi connectivity index (χ0) is 16.2. The van der Waals surface area contributed by atoms with Crippen molar-refractivity contribution in [1.29, 1.82) is 0 Å². The molecule has 0 fully saturated rings. The Morgan fingerprint density at radius 3 is 2.83 bits per heavy atom. The molecule has 1 aliphatic rings. The summed E-state index contributed by atoms with van der Waals surface area (Å²) in [6.07, 6.45) is -0.283. The van der Waals surface area contributed by atoms with Crippen molar-refractivity contribution < 1.29 is 24.1 Å². The molecule has 2 aromatic rings. The third-order valence-electron chi connectivity index (χ3n) is 3.51. The fourth-order valence-corrected chi connectivity index (χ4v) is 2.30. The van der Waals surface area contributed by atoms with Gasteiger partial charge in [-0.15, -0.1) is 0 Å². The average Bonchev–Trinajstić information content (AvgIpc) is 2.59. The first kappa shape index (κ1) is 15.0. The van der Waals surface area contributed by atoms with E-state index in [-0.39, 0.29) is 29.9 Å². The maximum Gasteiger partial charge on any atom is 0.255 e. The smallest absolute Gasteiger partial charge is 0.255 e. The minimum Gasteiger partial charge on any atom is -0.507 e. The van der Waals surface area contributed by atoms with E-state index in [0.717, 1.165) is 0 Å². The molecule has 1 aliphatic heterocycles. The summed E-state index contributed by atoms with van der Waals surface area (Å²) in [5.74, 6) is 1.33. The molecule has 1 heterocycles. The van der Waals surface area contributed by atoms with Gasteiger partial charge in [-0.05, 0) is 24.3 Å². The first-order chi connectivity index (χ1) is 11.2. The molecule has 0 aromatic heterocycles. The molecule has 0 spiro atoms. The van der Waals surface area contributed by atoms with Crippen LogP contribution in [0.15, 0.2) is 42.5 Å². The average molecular weight is 315 g/mol. The van der Waals surface area contributed by atoms with E-state index in [1.54, 1.807) is 6.07 Å². The van der Waals surface area contributed by atoms with Gasteiger partial charge in [0, 0.05) is 6.07 Å². The summed E-state index contributed by atoms with van der Waals surface area (Å²) < 4.78 is 16.3. The molecule has 2 N–H and O–H groups in total. The second-order valence-electron chi connectivity index (χ2n) is 5.09. The molecule has 23 heavy (non-hydrogen) atoms. The van der Waals surface area contributed by atoms with E-state index >= 15 is 0 Å². The van der Waals surface area contributed by atoms with Crippen LogP contribution in [0.3, 0.4) is 0 Å². The van der Waals surface area contributed by atoms with Crippen LogP contribution in [0.1, 0.15) is 10.4 Å². The van der Waals surface area contributed by atoms with Crippen LogP contribution < -0.4 is 19.5 Å². The normalized spacial score (nSPS) is 15.8. The SMILES string of the molecule is COc1ccc(C(=O)NC[C@H]2COc3ccccc3O2)c(O)c1. The van der Waals surface area contributed by atoms with Gasteiger partial charge in [0.25, 0.3) is 5.91 Å². The Balaban J connectivity index is 1.60. The third-order valence-corrected chi connectivity index (χ3v) is 3.51. The van der Waals surface area contributed by atoms with E-state index in [1.165, 1.54) is 19.2 Å². The van der Waals surface area contributed by atoms with Gasteiger partial charge in [0.1, 0.15) is 24.2 Å². The quantitative estimate of drug-likeness (QED) is 0.902. The standard InChI is InChI=1S/C17H17NO5/c1-21-11-6-7-13(14(19)8-11)17(20)18-9-12-10-22-15-4-2-3-5-16(15)23-12/h2-8,12,19H,9-10H2,1H3,(H,18,20)/t12-/m0/s1. The lowest BCUT2D eigenvalue weighted by Gasteiger charge is -2.26. The fourth-order valence-electron chi connectivity index (χ4n) is 2.30. The zero-order valence-electron chi connectivity index (χ0n) is 12.6. The second-order valence-corrected chi connectivity index (χ2v) is 5.09. The van der Waals surface area contributed by atoms with Crippen molar-refractivity contribution in [3.63, 3.8) is 0 Å². The number of hydrogen-bond donors (Lipinski definition) is 2. The molecule has 6 nitrogen and oxygen atoms in total. The number of amides is 1. The summed E-state index contributed by atoms with van der Waals surface area (Å²) in [5.41, 5.74) is 0.183. The van der Waals surface area contributed by atoms with Gasteiger partial charge in [-0.2, -0.15) is 0 Å².